The maximum absolute atomic E-state index is 12.3. The fraction of sp³-hybridized carbons (Fsp3) is 0.462. The van der Waals surface area contributed by atoms with Gasteiger partial charge in [0, 0.05) is 10.9 Å². The number of halogens is 5. The highest BCUT2D eigenvalue weighted by molar-refractivity contribution is 6.31. The van der Waals surface area contributed by atoms with E-state index in [4.69, 9.17) is 23.2 Å². The van der Waals surface area contributed by atoms with Crippen LogP contribution in [0.5, 0.6) is 0 Å². The van der Waals surface area contributed by atoms with Crippen molar-refractivity contribution in [2.24, 2.45) is 5.92 Å². The first-order chi connectivity index (χ1) is 9.04. The predicted octanol–water partition coefficient (Wildman–Crippen LogP) is 3.67. The zero-order valence-electron chi connectivity index (χ0n) is 10.3. The Morgan fingerprint density at radius 2 is 2.05 bits per heavy atom. The summed E-state index contributed by atoms with van der Waals surface area (Å²) in [6, 6.07) is 3.98. The van der Waals surface area contributed by atoms with Crippen LogP contribution in [0.3, 0.4) is 0 Å². The van der Waals surface area contributed by atoms with Crippen molar-refractivity contribution in [3.63, 3.8) is 0 Å². The lowest BCUT2D eigenvalue weighted by Gasteiger charge is -2.10. The first-order valence-electron chi connectivity index (χ1n) is 5.81. The summed E-state index contributed by atoms with van der Waals surface area (Å²) in [6.07, 6.45) is -5.47. The van der Waals surface area contributed by atoms with Gasteiger partial charge in [0.2, 0.25) is 0 Å². The van der Waals surface area contributed by atoms with Crippen molar-refractivity contribution in [3.8, 4) is 0 Å². The highest BCUT2D eigenvalue weighted by Crippen LogP contribution is 2.60. The van der Waals surface area contributed by atoms with E-state index in [0.717, 1.165) is 0 Å². The zero-order valence-corrected chi connectivity index (χ0v) is 11.9. The van der Waals surface area contributed by atoms with Gasteiger partial charge in [-0.05, 0) is 24.1 Å². The monoisotopic (exact) mass is 326 g/mol. The standard InChI is InChI=1S/C13H11Cl2F3O2/c1-6(19)10-11(13(10,15)20)7-2-3-8(9(14)4-7)5-12(16,17)18/h2-4,10-11,20H,5H2,1H3. The van der Waals surface area contributed by atoms with Crippen LogP contribution < -0.4 is 0 Å². The van der Waals surface area contributed by atoms with Crippen molar-refractivity contribution in [3.05, 3.63) is 34.3 Å². The summed E-state index contributed by atoms with van der Waals surface area (Å²) in [4.78, 5) is 11.3. The van der Waals surface area contributed by atoms with Gasteiger partial charge in [-0.3, -0.25) is 4.79 Å². The molecule has 0 bridgehead atoms. The van der Waals surface area contributed by atoms with Crippen LogP contribution in [0.25, 0.3) is 0 Å². The Balaban J connectivity index is 2.25. The molecule has 1 saturated carbocycles. The number of hydrogen-bond donors (Lipinski definition) is 1. The zero-order chi connectivity index (χ0) is 15.3. The summed E-state index contributed by atoms with van der Waals surface area (Å²) >= 11 is 11.6. The minimum atomic E-state index is -4.35. The molecule has 0 amide bonds. The van der Waals surface area contributed by atoms with Gasteiger partial charge < -0.3 is 5.11 Å². The van der Waals surface area contributed by atoms with Gasteiger partial charge in [-0.25, -0.2) is 0 Å². The number of aliphatic hydroxyl groups is 1. The lowest BCUT2D eigenvalue weighted by Crippen LogP contribution is -2.12. The number of alkyl halides is 4. The Morgan fingerprint density at radius 1 is 1.45 bits per heavy atom. The first kappa shape index (κ1) is 15.6. The van der Waals surface area contributed by atoms with Crippen LogP contribution in [0, 0.1) is 5.92 Å². The van der Waals surface area contributed by atoms with Crippen molar-refractivity contribution >= 4 is 29.0 Å². The molecule has 7 heteroatoms. The largest absolute Gasteiger partial charge is 0.393 e. The van der Waals surface area contributed by atoms with Crippen LogP contribution in [0.1, 0.15) is 24.0 Å². The molecule has 0 heterocycles. The van der Waals surface area contributed by atoms with E-state index in [1.807, 2.05) is 0 Å². The molecule has 1 fully saturated rings. The molecule has 2 rings (SSSR count). The average Bonchev–Trinajstić information content (AvgIpc) is 2.83. The average molecular weight is 327 g/mol. The summed E-state index contributed by atoms with van der Waals surface area (Å²) < 4.78 is 37.0. The van der Waals surface area contributed by atoms with Crippen LogP contribution in [0.4, 0.5) is 13.2 Å². The van der Waals surface area contributed by atoms with Gasteiger partial charge >= 0.3 is 6.18 Å². The van der Waals surface area contributed by atoms with Gasteiger partial charge in [-0.2, -0.15) is 13.2 Å². The highest BCUT2D eigenvalue weighted by atomic mass is 35.5. The van der Waals surface area contributed by atoms with Gasteiger partial charge in [0.15, 0.2) is 5.06 Å². The summed E-state index contributed by atoms with van der Waals surface area (Å²) in [5, 5.41) is 8.11. The molecule has 0 radical (unpaired) electrons. The highest BCUT2D eigenvalue weighted by Gasteiger charge is 2.66. The summed E-state index contributed by atoms with van der Waals surface area (Å²) in [5.74, 6) is -1.67. The first-order valence-corrected chi connectivity index (χ1v) is 6.56. The molecule has 0 aromatic heterocycles. The van der Waals surface area contributed by atoms with Gasteiger partial charge in [0.05, 0.1) is 12.3 Å². The maximum Gasteiger partial charge on any atom is 0.393 e. The molecule has 0 aliphatic heterocycles. The molecule has 0 saturated heterocycles. The van der Waals surface area contributed by atoms with Crippen LogP contribution in [0.2, 0.25) is 5.02 Å². The van der Waals surface area contributed by atoms with Crippen LogP contribution in [-0.4, -0.2) is 22.1 Å². The maximum atomic E-state index is 12.3. The Morgan fingerprint density at radius 3 is 2.45 bits per heavy atom. The molecule has 110 valence electrons. The molecular formula is C13H11Cl2F3O2. The van der Waals surface area contributed by atoms with E-state index in [1.54, 1.807) is 0 Å². The number of hydrogen-bond acceptors (Lipinski definition) is 2. The minimum absolute atomic E-state index is 0.0542. The molecule has 1 aliphatic rings. The fourth-order valence-electron chi connectivity index (χ4n) is 2.41. The number of carbonyl (C=O) groups is 1. The SMILES string of the molecule is CC(=O)C1C(c2ccc(CC(F)(F)F)c(Cl)c2)C1(O)Cl. The lowest BCUT2D eigenvalue weighted by atomic mass is 10.0. The van der Waals surface area contributed by atoms with E-state index in [2.05, 4.69) is 0 Å². The molecule has 0 spiro atoms. The number of carbonyl (C=O) groups excluding carboxylic acids is 1. The number of rotatable bonds is 3. The quantitative estimate of drug-likeness (QED) is 0.860. The third-order valence-electron chi connectivity index (χ3n) is 3.36. The van der Waals surface area contributed by atoms with Crippen molar-refractivity contribution in [1.82, 2.24) is 0 Å². The normalized spacial score (nSPS) is 29.4. The molecule has 1 aromatic carbocycles. The van der Waals surface area contributed by atoms with Crippen LogP contribution in [-0.2, 0) is 11.2 Å². The number of benzene rings is 1. The van der Waals surface area contributed by atoms with Gasteiger partial charge in [-0.15, -0.1) is 0 Å². The lowest BCUT2D eigenvalue weighted by molar-refractivity contribution is -0.127. The van der Waals surface area contributed by atoms with Crippen molar-refractivity contribution in [2.45, 2.75) is 30.5 Å². The van der Waals surface area contributed by atoms with Crippen molar-refractivity contribution in [1.29, 1.82) is 0 Å². The Bertz CT molecular complexity index is 555. The van der Waals surface area contributed by atoms with Crippen LogP contribution >= 0.6 is 23.2 Å². The second-order valence-corrected chi connectivity index (χ2v) is 5.95. The van der Waals surface area contributed by atoms with E-state index in [-0.39, 0.29) is 16.4 Å². The van der Waals surface area contributed by atoms with Crippen LogP contribution in [0.15, 0.2) is 18.2 Å². The van der Waals surface area contributed by atoms with Crippen molar-refractivity contribution < 1.29 is 23.1 Å². The van der Waals surface area contributed by atoms with E-state index in [0.29, 0.717) is 5.56 Å². The third kappa shape index (κ3) is 2.95. The molecule has 20 heavy (non-hydrogen) atoms. The van der Waals surface area contributed by atoms with E-state index in [1.165, 1.54) is 25.1 Å². The third-order valence-corrected chi connectivity index (χ3v) is 4.18. The smallest absolute Gasteiger partial charge is 0.374 e. The van der Waals surface area contributed by atoms with Gasteiger partial charge in [-0.1, -0.05) is 35.3 Å². The Hall–Kier alpha value is -0.780. The second kappa shape index (κ2) is 4.90. The summed E-state index contributed by atoms with van der Waals surface area (Å²) in [6.45, 7) is 1.30. The predicted molar refractivity (Wildman–Crippen MR) is 68.9 cm³/mol. The molecule has 3 atom stereocenters. The number of ketones is 1. The summed E-state index contributed by atoms with van der Waals surface area (Å²) in [5.41, 5.74) is 0.402. The van der Waals surface area contributed by atoms with E-state index < -0.39 is 29.5 Å². The van der Waals surface area contributed by atoms with E-state index in [9.17, 15) is 23.1 Å². The Kier molecular flexibility index (Phi) is 3.82. The van der Waals surface area contributed by atoms with E-state index >= 15 is 0 Å². The molecule has 1 aromatic rings. The fourth-order valence-corrected chi connectivity index (χ4v) is 3.13. The molecule has 3 unspecified atom stereocenters. The topological polar surface area (TPSA) is 37.3 Å². The molecular weight excluding hydrogens is 316 g/mol. The van der Waals surface area contributed by atoms with Gasteiger partial charge in [0.1, 0.15) is 5.78 Å². The Labute approximate surface area is 123 Å². The number of Topliss-reactive ketones (excluding diaryl/α,β-unsaturated/α-hetero) is 1. The van der Waals surface area contributed by atoms with Crippen molar-refractivity contribution in [2.75, 3.05) is 0 Å². The second-order valence-electron chi connectivity index (χ2n) is 4.94. The molecule has 2 nitrogen and oxygen atoms in total. The summed E-state index contributed by atoms with van der Waals surface area (Å²) in [7, 11) is 0. The molecule has 1 N–H and O–H groups in total. The molecule has 1 aliphatic carbocycles. The van der Waals surface area contributed by atoms with Gasteiger partial charge in [0.25, 0.3) is 0 Å². The minimum Gasteiger partial charge on any atom is -0.374 e.